The van der Waals surface area contributed by atoms with Crippen LogP contribution in [0.4, 0.5) is 0 Å². The molecule has 24 heavy (non-hydrogen) atoms. The van der Waals surface area contributed by atoms with Crippen molar-refractivity contribution in [2.24, 2.45) is 0 Å². The van der Waals surface area contributed by atoms with Crippen LogP contribution in [-0.2, 0) is 10.1 Å². The third-order valence-corrected chi connectivity index (χ3v) is 5.78. The number of aliphatic hydroxyl groups is 1. The molecule has 0 amide bonds. The molecule has 0 aromatic rings. The van der Waals surface area contributed by atoms with Crippen LogP contribution in [0.5, 0.6) is 0 Å². The minimum absolute atomic E-state index is 0. The summed E-state index contributed by atoms with van der Waals surface area (Å²) in [5.74, 6) is 0. The second kappa shape index (κ2) is 17.9. The fraction of sp³-hybridized carbons (Fsp3) is 1.00. The normalized spacial score (nSPS) is 14.2. The topological polar surface area (TPSA) is 77.4 Å². The van der Waals surface area contributed by atoms with Crippen molar-refractivity contribution in [1.82, 2.24) is 0 Å². The first-order valence-corrected chi connectivity index (χ1v) is 11.0. The molecule has 0 heterocycles. The van der Waals surface area contributed by atoms with Gasteiger partial charge in [0, 0.05) is 5.25 Å². The molecule has 0 aliphatic heterocycles. The quantitative estimate of drug-likeness (QED) is 0.248. The molecule has 0 aromatic heterocycles. The van der Waals surface area contributed by atoms with Crippen molar-refractivity contribution in [2.75, 3.05) is 0 Å². The van der Waals surface area contributed by atoms with Crippen molar-refractivity contribution in [1.29, 1.82) is 0 Å². The van der Waals surface area contributed by atoms with E-state index in [1.54, 1.807) is 0 Å². The summed E-state index contributed by atoms with van der Waals surface area (Å²) >= 11 is 0. The molecular formula is C18H37KO4S. The first-order chi connectivity index (χ1) is 10.9. The molecule has 0 aliphatic carbocycles. The van der Waals surface area contributed by atoms with E-state index >= 15 is 0 Å². The summed E-state index contributed by atoms with van der Waals surface area (Å²) in [5, 5.41) is 9.18. The van der Waals surface area contributed by atoms with Crippen molar-refractivity contribution in [2.45, 2.75) is 115 Å². The van der Waals surface area contributed by atoms with E-state index in [-0.39, 0.29) is 57.5 Å². The van der Waals surface area contributed by atoms with Gasteiger partial charge in [0.1, 0.15) is 0 Å². The average molecular weight is 389 g/mol. The van der Waals surface area contributed by atoms with Gasteiger partial charge in [-0.15, -0.1) is 0 Å². The Bertz CT molecular complexity index is 360. The van der Waals surface area contributed by atoms with E-state index in [9.17, 15) is 18.1 Å². The van der Waals surface area contributed by atoms with E-state index in [2.05, 4.69) is 6.92 Å². The largest absolute Gasteiger partial charge is 1.00 e. The van der Waals surface area contributed by atoms with Gasteiger partial charge in [-0.25, -0.2) is 8.42 Å². The second-order valence-corrected chi connectivity index (χ2v) is 8.40. The van der Waals surface area contributed by atoms with Gasteiger partial charge in [-0.1, -0.05) is 71.6 Å². The molecule has 6 heteroatoms. The smallest absolute Gasteiger partial charge is 0.748 e. The molecule has 0 bridgehead atoms. The molecular weight excluding hydrogens is 351 g/mol. The summed E-state index contributed by atoms with van der Waals surface area (Å²) in [6.07, 6.45) is 12.8. The zero-order valence-electron chi connectivity index (χ0n) is 16.1. The monoisotopic (exact) mass is 388 g/mol. The van der Waals surface area contributed by atoms with Crippen molar-refractivity contribution in [3.63, 3.8) is 0 Å². The van der Waals surface area contributed by atoms with Crippen LogP contribution in [0.2, 0.25) is 0 Å². The molecule has 0 fully saturated rings. The van der Waals surface area contributed by atoms with Crippen LogP contribution >= 0.6 is 0 Å². The van der Waals surface area contributed by atoms with E-state index in [1.807, 2.05) is 6.92 Å². The minimum Gasteiger partial charge on any atom is -0.748 e. The number of hydrogen-bond donors (Lipinski definition) is 1. The van der Waals surface area contributed by atoms with Crippen LogP contribution in [0.3, 0.4) is 0 Å². The molecule has 0 saturated carbocycles. The molecule has 0 radical (unpaired) electrons. The Labute approximate surface area is 192 Å². The summed E-state index contributed by atoms with van der Waals surface area (Å²) in [5.41, 5.74) is 0. The number of unbranched alkanes of at least 4 members (excludes halogenated alkanes) is 7. The van der Waals surface area contributed by atoms with Gasteiger partial charge in [-0.2, -0.15) is 0 Å². The van der Waals surface area contributed by atoms with Crippen LogP contribution in [0.1, 0.15) is 104 Å². The zero-order chi connectivity index (χ0) is 17.6. The summed E-state index contributed by atoms with van der Waals surface area (Å²) < 4.78 is 33.6. The Morgan fingerprint density at radius 1 is 0.750 bits per heavy atom. The van der Waals surface area contributed by atoms with Gasteiger partial charge >= 0.3 is 51.4 Å². The van der Waals surface area contributed by atoms with E-state index in [0.29, 0.717) is 25.7 Å². The van der Waals surface area contributed by atoms with Gasteiger partial charge in [0.25, 0.3) is 0 Å². The van der Waals surface area contributed by atoms with Crippen molar-refractivity contribution in [3.05, 3.63) is 0 Å². The van der Waals surface area contributed by atoms with Gasteiger partial charge in [-0.3, -0.25) is 0 Å². The van der Waals surface area contributed by atoms with Crippen molar-refractivity contribution < 1.29 is 69.5 Å². The molecule has 2 atom stereocenters. The molecule has 0 aliphatic rings. The van der Waals surface area contributed by atoms with Gasteiger partial charge in [0.2, 0.25) is 0 Å². The maximum absolute atomic E-state index is 11.2. The SMILES string of the molecule is CCCCCCCCCC(O)CCCC(CCCC)S(=O)(=O)[O-].[K+]. The molecule has 4 nitrogen and oxygen atoms in total. The molecule has 0 spiro atoms. The first kappa shape index (κ1) is 27.7. The van der Waals surface area contributed by atoms with E-state index < -0.39 is 15.4 Å². The zero-order valence-corrected chi connectivity index (χ0v) is 20.1. The second-order valence-electron chi connectivity index (χ2n) is 6.75. The molecule has 0 rings (SSSR count). The summed E-state index contributed by atoms with van der Waals surface area (Å²) in [7, 11) is -4.20. The standard InChI is InChI=1S/C18H38O4S.K/c1-3-5-7-8-9-10-11-13-17(19)14-12-16-18(15-6-4-2)23(20,21)22;/h17-19H,3-16H2,1-2H3,(H,20,21,22);/q;+1/p-1. The van der Waals surface area contributed by atoms with Gasteiger partial charge in [0.15, 0.2) is 0 Å². The Balaban J connectivity index is 0. The van der Waals surface area contributed by atoms with Gasteiger partial charge in [0.05, 0.1) is 16.2 Å². The first-order valence-electron chi connectivity index (χ1n) is 9.54. The van der Waals surface area contributed by atoms with Crippen LogP contribution in [0.25, 0.3) is 0 Å². The average Bonchev–Trinajstić information content (AvgIpc) is 2.48. The third kappa shape index (κ3) is 16.9. The van der Waals surface area contributed by atoms with Crippen LogP contribution in [0, 0.1) is 0 Å². The molecule has 0 saturated heterocycles. The Morgan fingerprint density at radius 3 is 1.75 bits per heavy atom. The Morgan fingerprint density at radius 2 is 1.21 bits per heavy atom. The maximum Gasteiger partial charge on any atom is 1.00 e. The fourth-order valence-electron chi connectivity index (χ4n) is 2.93. The third-order valence-electron chi connectivity index (χ3n) is 4.49. The molecule has 1 N–H and O–H groups in total. The van der Waals surface area contributed by atoms with Crippen LogP contribution in [-0.4, -0.2) is 29.4 Å². The maximum atomic E-state index is 11.2. The van der Waals surface area contributed by atoms with E-state index in [4.69, 9.17) is 0 Å². The Kier molecular flexibility index (Phi) is 20.7. The predicted octanol–water partition coefficient (Wildman–Crippen LogP) is 1.77. The van der Waals surface area contributed by atoms with E-state index in [0.717, 1.165) is 32.1 Å². The summed E-state index contributed by atoms with van der Waals surface area (Å²) in [6, 6.07) is 0. The minimum atomic E-state index is -4.20. The number of aliphatic hydroxyl groups excluding tert-OH is 1. The number of hydrogen-bond acceptors (Lipinski definition) is 4. The molecule has 0 aromatic carbocycles. The summed E-state index contributed by atoms with van der Waals surface area (Å²) in [6.45, 7) is 4.20. The molecule has 2 unspecified atom stereocenters. The van der Waals surface area contributed by atoms with Crippen LogP contribution < -0.4 is 51.4 Å². The predicted molar refractivity (Wildman–Crippen MR) is 95.5 cm³/mol. The van der Waals surface area contributed by atoms with Crippen LogP contribution in [0.15, 0.2) is 0 Å². The van der Waals surface area contributed by atoms with Crippen molar-refractivity contribution >= 4 is 10.1 Å². The Hall–Kier alpha value is 1.51. The fourth-order valence-corrected chi connectivity index (χ4v) is 3.84. The van der Waals surface area contributed by atoms with E-state index in [1.165, 1.54) is 32.1 Å². The number of rotatable bonds is 16. The van der Waals surface area contributed by atoms with Gasteiger partial charge in [-0.05, 0) is 32.1 Å². The molecule has 140 valence electrons. The summed E-state index contributed by atoms with van der Waals surface area (Å²) in [4.78, 5) is 0. The van der Waals surface area contributed by atoms with Crippen molar-refractivity contribution in [3.8, 4) is 0 Å². The van der Waals surface area contributed by atoms with Gasteiger partial charge < -0.3 is 9.66 Å².